The Labute approximate surface area is 258 Å². The van der Waals surface area contributed by atoms with Crippen LogP contribution in [0.5, 0.6) is 5.75 Å². The molecule has 4 nitrogen and oxygen atoms in total. The predicted octanol–water partition coefficient (Wildman–Crippen LogP) is 7.22. The quantitative estimate of drug-likeness (QED) is 0.151. The average Bonchev–Trinajstić information content (AvgIpc) is 3.32. The van der Waals surface area contributed by atoms with Crippen LogP contribution in [0.25, 0.3) is 10.8 Å². The molecule has 0 radical (unpaired) electrons. The summed E-state index contributed by atoms with van der Waals surface area (Å²) in [5, 5.41) is 8.65. The molecule has 0 aliphatic rings. The Morgan fingerprint density at radius 2 is 1.50 bits per heavy atom. The number of hydrogen-bond donors (Lipinski definition) is 0. The lowest BCUT2D eigenvalue weighted by atomic mass is 10.0. The van der Waals surface area contributed by atoms with E-state index < -0.39 is 8.32 Å². The minimum Gasteiger partial charge on any atom is -0.534 e. The van der Waals surface area contributed by atoms with E-state index >= 15 is 0 Å². The van der Waals surface area contributed by atoms with E-state index in [1.165, 1.54) is 16.4 Å². The Bertz CT molecular complexity index is 1610. The second-order valence-electron chi connectivity index (χ2n) is 12.2. The summed E-state index contributed by atoms with van der Waals surface area (Å²) in [6.07, 6.45) is 1.59. The summed E-state index contributed by atoms with van der Waals surface area (Å²) in [4.78, 5) is 2.16. The third kappa shape index (κ3) is 6.38. The number of halogens is 2. The highest BCUT2D eigenvalue weighted by atomic mass is 79.9. The van der Waals surface area contributed by atoms with Gasteiger partial charge < -0.3 is 9.33 Å². The molecule has 5 aromatic rings. The third-order valence-corrected chi connectivity index (χ3v) is 13.2. The van der Waals surface area contributed by atoms with E-state index in [0.29, 0.717) is 0 Å². The Kier molecular flexibility index (Phi) is 9.02. The first-order chi connectivity index (χ1) is 20.1. The first-order valence-electron chi connectivity index (χ1n) is 14.5. The number of aromatic nitrogens is 2. The molecule has 0 saturated carbocycles. The van der Waals surface area contributed by atoms with Crippen LogP contribution < -0.4 is 14.8 Å². The van der Waals surface area contributed by atoms with Gasteiger partial charge in [0, 0.05) is 17.6 Å². The summed E-state index contributed by atoms with van der Waals surface area (Å²) in [7, 11) is 1.26. The van der Waals surface area contributed by atoms with Gasteiger partial charge in [-0.15, -0.1) is 0 Å². The van der Waals surface area contributed by atoms with Gasteiger partial charge in [-0.1, -0.05) is 87.5 Å². The molecule has 4 aromatic carbocycles. The van der Waals surface area contributed by atoms with Crippen LogP contribution in [0.4, 0.5) is 4.39 Å². The molecule has 0 spiro atoms. The van der Waals surface area contributed by atoms with Crippen LogP contribution in [-0.2, 0) is 19.4 Å². The molecule has 1 heterocycles. The van der Waals surface area contributed by atoms with Gasteiger partial charge in [0.2, 0.25) is 0 Å². The van der Waals surface area contributed by atoms with E-state index in [1.807, 2.05) is 6.07 Å². The van der Waals surface area contributed by atoms with Crippen molar-refractivity contribution in [3.63, 3.8) is 0 Å². The van der Waals surface area contributed by atoms with Gasteiger partial charge in [-0.05, 0) is 99.6 Å². The first-order valence-corrected chi connectivity index (χ1v) is 17.2. The van der Waals surface area contributed by atoms with Crippen molar-refractivity contribution >= 4 is 45.4 Å². The van der Waals surface area contributed by atoms with Crippen molar-refractivity contribution in [1.29, 1.82) is 0 Å². The zero-order chi connectivity index (χ0) is 29.9. The Balaban J connectivity index is 1.60. The van der Waals surface area contributed by atoms with Crippen molar-refractivity contribution in [1.82, 2.24) is 14.7 Å². The summed E-state index contributed by atoms with van der Waals surface area (Å²) in [5.41, 5.74) is 2.27. The smallest absolute Gasteiger partial charge is 0.319 e. The van der Waals surface area contributed by atoms with E-state index in [2.05, 4.69) is 144 Å². The van der Waals surface area contributed by atoms with Gasteiger partial charge in [0.15, 0.2) is 0 Å². The first kappa shape index (κ1) is 30.2. The van der Waals surface area contributed by atoms with Gasteiger partial charge in [-0.25, -0.2) is 4.39 Å². The van der Waals surface area contributed by atoms with Gasteiger partial charge in [0.05, 0.1) is 6.54 Å². The van der Waals surface area contributed by atoms with E-state index in [1.54, 1.807) is 6.07 Å². The van der Waals surface area contributed by atoms with Crippen LogP contribution in [0.1, 0.15) is 32.0 Å². The standard InChI is InChI=1S/C35H39BrFN3OSi/c1-35(2,3)42(30-12-8-6-9-13-30,31-14-10-7-11-15-31)41-33-23-26(22-27-24-28(37)17-19-32(27)33)16-18-29-25-34(36)38-40(29)21-20-39(4)5/h6-15,17,19,22-25H,16,18,20-21H2,1-5H3. The highest BCUT2D eigenvalue weighted by molar-refractivity contribution is 9.10. The van der Waals surface area contributed by atoms with Crippen LogP contribution in [0, 0.1) is 5.82 Å². The van der Waals surface area contributed by atoms with Gasteiger partial charge in [-0.2, -0.15) is 5.10 Å². The lowest BCUT2D eigenvalue weighted by Crippen LogP contribution is -2.68. The maximum Gasteiger partial charge on any atom is 0.319 e. The van der Waals surface area contributed by atoms with Crippen molar-refractivity contribution in [2.24, 2.45) is 0 Å². The zero-order valence-electron chi connectivity index (χ0n) is 25.1. The minimum atomic E-state index is -2.88. The normalized spacial score (nSPS) is 12.3. The molecule has 0 atom stereocenters. The lowest BCUT2D eigenvalue weighted by molar-refractivity contribution is 0.369. The maximum absolute atomic E-state index is 14.6. The molecule has 7 heteroatoms. The molecule has 0 amide bonds. The van der Waals surface area contributed by atoms with Crippen molar-refractivity contribution in [2.45, 2.75) is 45.2 Å². The van der Waals surface area contributed by atoms with Crippen LogP contribution in [-0.4, -0.2) is 43.6 Å². The second-order valence-corrected chi connectivity index (χ2v) is 17.2. The third-order valence-electron chi connectivity index (χ3n) is 7.88. The van der Waals surface area contributed by atoms with E-state index in [-0.39, 0.29) is 10.9 Å². The van der Waals surface area contributed by atoms with Crippen molar-refractivity contribution < 1.29 is 8.82 Å². The van der Waals surface area contributed by atoms with Gasteiger partial charge in [-0.3, -0.25) is 4.68 Å². The highest BCUT2D eigenvalue weighted by Gasteiger charge is 2.52. The molecule has 0 fully saturated rings. The molecular formula is C35H39BrFN3OSi. The van der Waals surface area contributed by atoms with Gasteiger partial charge in [0.1, 0.15) is 16.2 Å². The summed E-state index contributed by atoms with van der Waals surface area (Å²) in [5.74, 6) is 0.556. The molecule has 0 saturated heterocycles. The SMILES string of the molecule is CN(C)CCn1nc(Br)cc1CCc1cc(O[Si](c2ccccc2)(c2ccccc2)C(C)(C)C)c2ccc(F)cc2c1. The van der Waals surface area contributed by atoms with E-state index in [9.17, 15) is 4.39 Å². The number of aryl methyl sites for hydroxylation is 2. The number of rotatable bonds is 10. The van der Waals surface area contributed by atoms with Crippen LogP contribution in [0.3, 0.4) is 0 Å². The molecule has 0 aliphatic heterocycles. The molecule has 5 rings (SSSR count). The topological polar surface area (TPSA) is 30.3 Å². The van der Waals surface area contributed by atoms with Crippen molar-refractivity contribution in [2.75, 3.05) is 20.6 Å². The number of benzene rings is 4. The number of likely N-dealkylation sites (N-methyl/N-ethyl adjacent to an activating group) is 1. The Morgan fingerprint density at radius 1 is 0.857 bits per heavy atom. The molecule has 0 unspecified atom stereocenters. The van der Waals surface area contributed by atoms with Crippen molar-refractivity contribution in [3.8, 4) is 5.75 Å². The monoisotopic (exact) mass is 643 g/mol. The summed E-state index contributed by atoms with van der Waals surface area (Å²) >= 11 is 3.56. The zero-order valence-corrected chi connectivity index (χ0v) is 27.7. The number of fused-ring (bicyclic) bond motifs is 1. The molecule has 42 heavy (non-hydrogen) atoms. The highest BCUT2D eigenvalue weighted by Crippen LogP contribution is 2.40. The van der Waals surface area contributed by atoms with Gasteiger partial charge in [0.25, 0.3) is 0 Å². The largest absolute Gasteiger partial charge is 0.534 e. The number of nitrogens with zero attached hydrogens (tertiary/aromatic N) is 3. The fourth-order valence-electron chi connectivity index (χ4n) is 5.79. The molecule has 0 aliphatic carbocycles. The Hall–Kier alpha value is -3.26. The number of hydrogen-bond acceptors (Lipinski definition) is 3. The second kappa shape index (κ2) is 12.5. The van der Waals surface area contributed by atoms with Crippen LogP contribution in [0.15, 0.2) is 102 Å². The fraction of sp³-hybridized carbons (Fsp3) is 0.286. The summed E-state index contributed by atoms with van der Waals surface area (Å²) in [6.45, 7) is 8.55. The molecule has 1 aromatic heterocycles. The summed E-state index contributed by atoms with van der Waals surface area (Å²) < 4.78 is 24.9. The van der Waals surface area contributed by atoms with E-state index in [0.717, 1.165) is 58.3 Å². The minimum absolute atomic E-state index is 0.191. The van der Waals surface area contributed by atoms with Crippen LogP contribution in [0.2, 0.25) is 5.04 Å². The molecule has 218 valence electrons. The van der Waals surface area contributed by atoms with Gasteiger partial charge >= 0.3 is 8.32 Å². The average molecular weight is 645 g/mol. The lowest BCUT2D eigenvalue weighted by Gasteiger charge is -2.43. The van der Waals surface area contributed by atoms with Crippen LogP contribution >= 0.6 is 15.9 Å². The maximum atomic E-state index is 14.6. The summed E-state index contributed by atoms with van der Waals surface area (Å²) in [6, 6.07) is 32.6. The Morgan fingerprint density at radius 3 is 2.10 bits per heavy atom. The fourth-order valence-corrected chi connectivity index (χ4v) is 10.7. The van der Waals surface area contributed by atoms with Crippen molar-refractivity contribution in [3.05, 3.63) is 119 Å². The molecule has 0 bridgehead atoms. The molecule has 0 N–H and O–H groups in total. The van der Waals surface area contributed by atoms with E-state index in [4.69, 9.17) is 4.43 Å². The predicted molar refractivity (Wildman–Crippen MR) is 178 cm³/mol. The molecular weight excluding hydrogens is 605 g/mol.